The van der Waals surface area contributed by atoms with Crippen molar-refractivity contribution >= 4 is 11.6 Å². The maximum absolute atomic E-state index is 10.3. The molecule has 0 aromatic carbocycles. The third-order valence-electron chi connectivity index (χ3n) is 1.73. The van der Waals surface area contributed by atoms with Crippen LogP contribution in [-0.4, -0.2) is 37.7 Å². The molecular formula is C14H26F3N2NbO2. The average Bonchev–Trinajstić information content (AvgIpc) is 2.31. The third-order valence-corrected chi connectivity index (χ3v) is 1.73. The molecule has 0 bridgehead atoms. The van der Waals surface area contributed by atoms with Crippen LogP contribution in [0.15, 0.2) is 24.3 Å². The molecule has 0 amide bonds. The van der Waals surface area contributed by atoms with Gasteiger partial charge < -0.3 is 24.7 Å². The number of rotatable bonds is 8. The van der Waals surface area contributed by atoms with E-state index in [2.05, 4.69) is 10.6 Å². The standard InChI is InChI=1S/2C7H13NO.3FH.Nb/c2*1-3-8-6-4-5-7(2)9;;;;/h2*4-5,8H,3,6H2,1-2H3;3*1H;/q;;;;;+3/p-3. The van der Waals surface area contributed by atoms with E-state index in [0.29, 0.717) is 0 Å². The average molecular weight is 404 g/mol. The van der Waals surface area contributed by atoms with E-state index in [1.165, 1.54) is 0 Å². The number of hydrogen-bond donors (Lipinski definition) is 2. The van der Waals surface area contributed by atoms with Crippen LogP contribution in [0.2, 0.25) is 0 Å². The molecule has 0 rings (SSSR count). The van der Waals surface area contributed by atoms with E-state index in [4.69, 9.17) is 0 Å². The van der Waals surface area contributed by atoms with E-state index in [9.17, 15) is 9.59 Å². The van der Waals surface area contributed by atoms with Gasteiger partial charge in [-0.3, -0.25) is 9.59 Å². The summed E-state index contributed by atoms with van der Waals surface area (Å²) < 4.78 is 0. The van der Waals surface area contributed by atoms with E-state index >= 15 is 0 Å². The Morgan fingerprint density at radius 1 is 0.773 bits per heavy atom. The van der Waals surface area contributed by atoms with Crippen LogP contribution in [0.5, 0.6) is 0 Å². The molecule has 8 heteroatoms. The number of halogens is 3. The maximum atomic E-state index is 10.3. The van der Waals surface area contributed by atoms with Crippen molar-refractivity contribution in [2.24, 2.45) is 0 Å². The van der Waals surface area contributed by atoms with Crippen molar-refractivity contribution in [1.29, 1.82) is 0 Å². The van der Waals surface area contributed by atoms with Crippen molar-refractivity contribution in [3.05, 3.63) is 24.3 Å². The quantitative estimate of drug-likeness (QED) is 0.240. The van der Waals surface area contributed by atoms with Crippen molar-refractivity contribution in [2.75, 3.05) is 26.2 Å². The first-order chi connectivity index (χ1) is 8.54. The minimum Gasteiger partial charge on any atom is -1.00 e. The predicted molar refractivity (Wildman–Crippen MR) is 76.7 cm³/mol. The van der Waals surface area contributed by atoms with Gasteiger partial charge in [0, 0.05) is 13.1 Å². The van der Waals surface area contributed by atoms with Crippen molar-refractivity contribution in [1.82, 2.24) is 10.6 Å². The summed E-state index contributed by atoms with van der Waals surface area (Å²) in [7, 11) is 0. The summed E-state index contributed by atoms with van der Waals surface area (Å²) in [6.45, 7) is 10.6. The van der Waals surface area contributed by atoms with Crippen LogP contribution >= 0.6 is 0 Å². The summed E-state index contributed by atoms with van der Waals surface area (Å²) in [6.07, 6.45) is 6.79. The molecule has 2 N–H and O–H groups in total. The van der Waals surface area contributed by atoms with Gasteiger partial charge >= 0.3 is 22.4 Å². The minimum atomic E-state index is 0. The van der Waals surface area contributed by atoms with E-state index < -0.39 is 0 Å². The number of allylic oxidation sites excluding steroid dienone is 2. The summed E-state index contributed by atoms with van der Waals surface area (Å²) in [5.41, 5.74) is 0. The zero-order chi connectivity index (χ0) is 14.2. The molecule has 22 heavy (non-hydrogen) atoms. The molecule has 0 aliphatic carbocycles. The number of ketones is 2. The zero-order valence-corrected chi connectivity index (χ0v) is 15.7. The molecule has 0 aromatic heterocycles. The Balaban J connectivity index is -0.0000000492. The molecular weight excluding hydrogens is 378 g/mol. The predicted octanol–water partition coefficient (Wildman–Crippen LogP) is -7.51. The Hall–Kier alpha value is -0.730. The van der Waals surface area contributed by atoms with E-state index in [1.54, 1.807) is 26.0 Å². The van der Waals surface area contributed by atoms with Crippen LogP contribution in [0.4, 0.5) is 0 Å². The van der Waals surface area contributed by atoms with Gasteiger partial charge in [0.15, 0.2) is 11.6 Å². The van der Waals surface area contributed by atoms with Crippen LogP contribution in [-0.2, 0) is 32.0 Å². The molecule has 0 heterocycles. The fraction of sp³-hybridized carbons (Fsp3) is 0.571. The van der Waals surface area contributed by atoms with Crippen LogP contribution < -0.4 is 24.7 Å². The van der Waals surface area contributed by atoms with Crippen LogP contribution in [0.25, 0.3) is 0 Å². The molecule has 0 aromatic rings. The summed E-state index contributed by atoms with van der Waals surface area (Å²) in [5.74, 6) is 0.209. The Labute approximate surface area is 146 Å². The fourth-order valence-electron chi connectivity index (χ4n) is 0.905. The molecule has 0 unspecified atom stereocenters. The van der Waals surface area contributed by atoms with Crippen LogP contribution in [0.3, 0.4) is 0 Å². The Kier molecular flexibility index (Phi) is 55.0. The SMILES string of the molecule is CCNCC=CC(C)=O.CCNCC=CC(C)=O.[F-].[F-].[F-].[Nb+3]. The van der Waals surface area contributed by atoms with Crippen molar-refractivity contribution < 1.29 is 46.1 Å². The van der Waals surface area contributed by atoms with Gasteiger partial charge in [-0.15, -0.1) is 0 Å². The second-order valence-corrected chi connectivity index (χ2v) is 3.64. The summed E-state index contributed by atoms with van der Waals surface area (Å²) in [6, 6.07) is 0. The van der Waals surface area contributed by atoms with E-state index in [-0.39, 0.29) is 48.1 Å². The van der Waals surface area contributed by atoms with Gasteiger partial charge in [-0.05, 0) is 39.1 Å². The van der Waals surface area contributed by atoms with Gasteiger partial charge in [0.05, 0.1) is 0 Å². The van der Waals surface area contributed by atoms with Crippen molar-refractivity contribution in [3.63, 3.8) is 0 Å². The largest absolute Gasteiger partial charge is 3.00 e. The van der Waals surface area contributed by atoms with Crippen LogP contribution in [0.1, 0.15) is 27.7 Å². The molecule has 0 saturated carbocycles. The molecule has 0 saturated heterocycles. The molecule has 4 nitrogen and oxygen atoms in total. The molecule has 0 radical (unpaired) electrons. The first-order valence-corrected chi connectivity index (χ1v) is 6.30. The van der Waals surface area contributed by atoms with Gasteiger partial charge in [0.25, 0.3) is 0 Å². The van der Waals surface area contributed by atoms with E-state index in [1.807, 2.05) is 26.0 Å². The Morgan fingerprint density at radius 2 is 1.05 bits per heavy atom. The molecule has 0 fully saturated rings. The molecule has 0 aliphatic heterocycles. The van der Waals surface area contributed by atoms with E-state index in [0.717, 1.165) is 26.2 Å². The third kappa shape index (κ3) is 50.6. The van der Waals surface area contributed by atoms with Gasteiger partial charge in [0.2, 0.25) is 0 Å². The number of nitrogens with one attached hydrogen (secondary N) is 2. The summed E-state index contributed by atoms with van der Waals surface area (Å²) >= 11 is 0. The number of carbonyl (C=O) groups excluding carboxylic acids is 2. The first kappa shape index (κ1) is 37.5. The Morgan fingerprint density at radius 3 is 1.23 bits per heavy atom. The second kappa shape index (κ2) is 32.3. The Bertz CT molecular complexity index is 261. The minimum absolute atomic E-state index is 0. The first-order valence-electron chi connectivity index (χ1n) is 6.30. The maximum Gasteiger partial charge on any atom is 3.00 e. The molecule has 0 spiro atoms. The monoisotopic (exact) mass is 404 g/mol. The van der Waals surface area contributed by atoms with Crippen LogP contribution in [0, 0.1) is 0 Å². The van der Waals surface area contributed by atoms with Gasteiger partial charge in [-0.25, -0.2) is 0 Å². The normalized spacial score (nSPS) is 8.55. The number of carbonyl (C=O) groups is 2. The summed E-state index contributed by atoms with van der Waals surface area (Å²) in [5, 5.41) is 6.13. The number of likely N-dealkylation sites (N-methyl/N-ethyl adjacent to an activating group) is 2. The second-order valence-electron chi connectivity index (χ2n) is 3.64. The van der Waals surface area contributed by atoms with Gasteiger partial charge in [0.1, 0.15) is 0 Å². The van der Waals surface area contributed by atoms with Crippen molar-refractivity contribution in [3.8, 4) is 0 Å². The molecule has 0 aliphatic rings. The smallest absolute Gasteiger partial charge is 1.00 e. The fourth-order valence-corrected chi connectivity index (χ4v) is 0.905. The van der Waals surface area contributed by atoms with Crippen molar-refractivity contribution in [2.45, 2.75) is 27.7 Å². The van der Waals surface area contributed by atoms with Gasteiger partial charge in [-0.2, -0.15) is 0 Å². The molecule has 130 valence electrons. The zero-order valence-electron chi connectivity index (χ0n) is 13.5. The van der Waals surface area contributed by atoms with Gasteiger partial charge in [-0.1, -0.05) is 26.0 Å². The number of hydrogen-bond acceptors (Lipinski definition) is 4. The topological polar surface area (TPSA) is 58.2 Å². The molecule has 0 atom stereocenters. The summed E-state index contributed by atoms with van der Waals surface area (Å²) in [4.78, 5) is 20.6.